The predicted octanol–water partition coefficient (Wildman–Crippen LogP) is 4.81. The molecule has 2 amide bonds. The zero-order valence-electron chi connectivity index (χ0n) is 15.2. The fraction of sp³-hybridized carbons (Fsp3) is 0.143. The first-order valence-corrected chi connectivity index (χ1v) is 9.92. The van der Waals surface area contributed by atoms with Gasteiger partial charge in [-0.1, -0.05) is 35.9 Å². The molecule has 144 valence electrons. The van der Waals surface area contributed by atoms with Crippen molar-refractivity contribution in [2.45, 2.75) is 4.90 Å². The summed E-state index contributed by atoms with van der Waals surface area (Å²) in [5, 5.41) is 8.23. The number of methoxy groups -OCH3 is 1. The van der Waals surface area contributed by atoms with Crippen LogP contribution in [0.4, 0.5) is 11.4 Å². The summed E-state index contributed by atoms with van der Waals surface area (Å²) < 4.78 is 4.77. The smallest absolute Gasteiger partial charge is 0.250 e. The lowest BCUT2D eigenvalue weighted by atomic mass is 10.1. The van der Waals surface area contributed by atoms with Crippen LogP contribution in [0.3, 0.4) is 0 Å². The Morgan fingerprint density at radius 3 is 2.18 bits per heavy atom. The van der Waals surface area contributed by atoms with E-state index in [9.17, 15) is 9.59 Å². The standard InChI is InChI=1S/C21H19ClN2O3S/c1-27-12-19(25)23-15-8-10-16(11-9-15)24-20(26)13-28-18-7-3-5-14-4-2-6-17(22)21(14)18/h2-11H,12-13H2,1H3,(H,23,25)(H,24,26). The molecule has 3 rings (SSSR count). The van der Waals surface area contributed by atoms with Gasteiger partial charge < -0.3 is 15.4 Å². The quantitative estimate of drug-likeness (QED) is 0.544. The maximum atomic E-state index is 12.3. The summed E-state index contributed by atoms with van der Waals surface area (Å²) in [7, 11) is 1.46. The van der Waals surface area contributed by atoms with Crippen LogP contribution in [-0.2, 0) is 14.3 Å². The molecule has 0 fully saturated rings. The highest BCUT2D eigenvalue weighted by molar-refractivity contribution is 8.00. The monoisotopic (exact) mass is 414 g/mol. The number of ether oxygens (including phenoxy) is 1. The Hall–Kier alpha value is -2.54. The molecule has 0 saturated heterocycles. The summed E-state index contributed by atoms with van der Waals surface area (Å²) in [4.78, 5) is 24.8. The van der Waals surface area contributed by atoms with E-state index in [2.05, 4.69) is 10.6 Å². The van der Waals surface area contributed by atoms with Crippen LogP contribution in [0.25, 0.3) is 10.8 Å². The second kappa shape index (κ2) is 9.59. The minimum atomic E-state index is -0.232. The molecule has 0 spiro atoms. The first kappa shape index (κ1) is 20.2. The molecule has 0 aliphatic rings. The number of thioether (sulfide) groups is 1. The highest BCUT2D eigenvalue weighted by Gasteiger charge is 2.09. The molecule has 0 aliphatic carbocycles. The molecular formula is C21H19ClN2O3S. The maximum absolute atomic E-state index is 12.3. The third kappa shape index (κ3) is 5.25. The minimum Gasteiger partial charge on any atom is -0.375 e. The molecule has 0 atom stereocenters. The molecule has 28 heavy (non-hydrogen) atoms. The molecular weight excluding hydrogens is 396 g/mol. The third-order valence-electron chi connectivity index (χ3n) is 3.90. The van der Waals surface area contributed by atoms with Crippen molar-refractivity contribution in [1.29, 1.82) is 0 Å². The molecule has 0 heterocycles. The Kier molecular flexibility index (Phi) is 6.92. The number of fused-ring (bicyclic) bond motifs is 1. The number of hydrogen-bond donors (Lipinski definition) is 2. The van der Waals surface area contributed by atoms with Crippen LogP contribution in [-0.4, -0.2) is 31.3 Å². The van der Waals surface area contributed by atoms with Gasteiger partial charge in [-0.05, 0) is 41.8 Å². The molecule has 2 N–H and O–H groups in total. The normalized spacial score (nSPS) is 10.6. The van der Waals surface area contributed by atoms with Gasteiger partial charge in [0.25, 0.3) is 0 Å². The number of nitrogens with one attached hydrogen (secondary N) is 2. The summed E-state index contributed by atoms with van der Waals surface area (Å²) >= 11 is 7.77. The van der Waals surface area contributed by atoms with Gasteiger partial charge in [0.2, 0.25) is 11.8 Å². The second-order valence-electron chi connectivity index (χ2n) is 5.99. The van der Waals surface area contributed by atoms with Gasteiger partial charge >= 0.3 is 0 Å². The van der Waals surface area contributed by atoms with Crippen molar-refractivity contribution in [2.24, 2.45) is 0 Å². The minimum absolute atomic E-state index is 0.00606. The number of anilines is 2. The van der Waals surface area contributed by atoms with E-state index in [1.807, 2.05) is 36.4 Å². The fourth-order valence-electron chi connectivity index (χ4n) is 2.69. The third-order valence-corrected chi connectivity index (χ3v) is 5.27. The number of benzene rings is 3. The van der Waals surface area contributed by atoms with Gasteiger partial charge in [0, 0.05) is 33.8 Å². The van der Waals surface area contributed by atoms with E-state index in [-0.39, 0.29) is 24.2 Å². The van der Waals surface area contributed by atoms with Gasteiger partial charge in [-0.25, -0.2) is 0 Å². The lowest BCUT2D eigenvalue weighted by Gasteiger charge is -2.09. The molecule has 0 saturated carbocycles. The largest absolute Gasteiger partial charge is 0.375 e. The van der Waals surface area contributed by atoms with Crippen molar-refractivity contribution in [3.05, 3.63) is 65.7 Å². The van der Waals surface area contributed by atoms with E-state index >= 15 is 0 Å². The van der Waals surface area contributed by atoms with Gasteiger partial charge in [-0.3, -0.25) is 9.59 Å². The molecule has 0 aliphatic heterocycles. The predicted molar refractivity (Wildman–Crippen MR) is 115 cm³/mol. The van der Waals surface area contributed by atoms with Crippen LogP contribution in [0.2, 0.25) is 5.02 Å². The molecule has 3 aromatic rings. The van der Waals surface area contributed by atoms with E-state index in [0.29, 0.717) is 16.4 Å². The average Bonchev–Trinajstić information content (AvgIpc) is 2.68. The fourth-order valence-corrected chi connectivity index (χ4v) is 3.93. The second-order valence-corrected chi connectivity index (χ2v) is 7.41. The number of rotatable bonds is 7. The van der Waals surface area contributed by atoms with Crippen molar-refractivity contribution in [2.75, 3.05) is 30.1 Å². The zero-order chi connectivity index (χ0) is 19.9. The van der Waals surface area contributed by atoms with E-state index in [1.165, 1.54) is 18.9 Å². The Bertz CT molecular complexity index is 987. The molecule has 5 nitrogen and oxygen atoms in total. The van der Waals surface area contributed by atoms with E-state index in [4.69, 9.17) is 16.3 Å². The number of carbonyl (C=O) groups excluding carboxylic acids is 2. The molecule has 0 aromatic heterocycles. The van der Waals surface area contributed by atoms with Crippen LogP contribution in [0.1, 0.15) is 0 Å². The van der Waals surface area contributed by atoms with E-state index in [1.54, 1.807) is 24.3 Å². The first-order chi connectivity index (χ1) is 13.6. The number of halogens is 1. The van der Waals surface area contributed by atoms with Crippen LogP contribution >= 0.6 is 23.4 Å². The summed E-state index contributed by atoms with van der Waals surface area (Å²) in [5.74, 6) is -0.0916. The highest BCUT2D eigenvalue weighted by atomic mass is 35.5. The van der Waals surface area contributed by atoms with Gasteiger partial charge in [0.1, 0.15) is 6.61 Å². The Balaban J connectivity index is 1.59. The Labute approximate surface area is 172 Å². The zero-order valence-corrected chi connectivity index (χ0v) is 16.8. The maximum Gasteiger partial charge on any atom is 0.250 e. The summed E-state index contributed by atoms with van der Waals surface area (Å²) in [5.41, 5.74) is 1.30. The van der Waals surface area contributed by atoms with E-state index in [0.717, 1.165) is 15.7 Å². The van der Waals surface area contributed by atoms with Gasteiger partial charge in [-0.15, -0.1) is 11.8 Å². The van der Waals surface area contributed by atoms with Gasteiger partial charge in [0.15, 0.2) is 0 Å². The molecule has 0 bridgehead atoms. The average molecular weight is 415 g/mol. The van der Waals surface area contributed by atoms with Crippen LogP contribution in [0, 0.1) is 0 Å². The van der Waals surface area contributed by atoms with Crippen molar-refractivity contribution in [3.8, 4) is 0 Å². The highest BCUT2D eigenvalue weighted by Crippen LogP contribution is 2.33. The van der Waals surface area contributed by atoms with Crippen molar-refractivity contribution < 1.29 is 14.3 Å². The number of hydrogen-bond acceptors (Lipinski definition) is 4. The van der Waals surface area contributed by atoms with Gasteiger partial charge in [-0.2, -0.15) is 0 Å². The first-order valence-electron chi connectivity index (χ1n) is 8.55. The summed E-state index contributed by atoms with van der Waals surface area (Å²) in [6, 6.07) is 18.6. The van der Waals surface area contributed by atoms with Gasteiger partial charge in [0.05, 0.1) is 5.75 Å². The van der Waals surface area contributed by atoms with Crippen molar-refractivity contribution in [3.63, 3.8) is 0 Å². The molecule has 7 heteroatoms. The van der Waals surface area contributed by atoms with Crippen LogP contribution in [0.15, 0.2) is 65.6 Å². The Morgan fingerprint density at radius 1 is 0.929 bits per heavy atom. The topological polar surface area (TPSA) is 67.4 Å². The molecule has 0 radical (unpaired) electrons. The lowest BCUT2D eigenvalue weighted by Crippen LogP contribution is -2.17. The van der Waals surface area contributed by atoms with Crippen LogP contribution in [0.5, 0.6) is 0 Å². The lowest BCUT2D eigenvalue weighted by molar-refractivity contribution is -0.119. The van der Waals surface area contributed by atoms with E-state index < -0.39 is 0 Å². The van der Waals surface area contributed by atoms with Crippen molar-refractivity contribution in [1.82, 2.24) is 0 Å². The Morgan fingerprint density at radius 2 is 1.54 bits per heavy atom. The summed E-state index contributed by atoms with van der Waals surface area (Å²) in [6.07, 6.45) is 0. The SMILES string of the molecule is COCC(=O)Nc1ccc(NC(=O)CSc2cccc3cccc(Cl)c23)cc1. The molecule has 3 aromatic carbocycles. The molecule has 0 unspecified atom stereocenters. The van der Waals surface area contributed by atoms with Crippen molar-refractivity contribution >= 4 is 57.3 Å². The van der Waals surface area contributed by atoms with Crippen LogP contribution < -0.4 is 10.6 Å². The number of carbonyl (C=O) groups is 2. The number of amides is 2. The summed E-state index contributed by atoms with van der Waals surface area (Å²) in [6.45, 7) is -0.00606.